The molecular formula is C10H12Cl2Cr2N2O6. The number of H-pyrrole nitrogens is 2. The molecule has 2 heterocycles. The maximum absolute atomic E-state index is 8.91. The molecule has 0 aliphatic rings. The Labute approximate surface area is 139 Å². The second kappa shape index (κ2) is 13.7. The third kappa shape index (κ3) is 50.8. The molecule has 0 radical (unpaired) electrons. The van der Waals surface area contributed by atoms with Gasteiger partial charge in [-0.2, -0.15) is 0 Å². The van der Waals surface area contributed by atoms with Gasteiger partial charge in [-0.05, 0) is 0 Å². The van der Waals surface area contributed by atoms with Crippen LogP contribution < -0.4 is 18.3 Å². The summed E-state index contributed by atoms with van der Waals surface area (Å²) in [4.78, 5) is 5.78. The molecule has 0 atom stereocenters. The summed E-state index contributed by atoms with van der Waals surface area (Å²) in [5, 5.41) is 0. The number of rotatable bonds is 0. The Kier molecular flexibility index (Phi) is 14.5. The molecule has 0 amide bonds. The molecule has 22 heavy (non-hydrogen) atoms. The fourth-order valence-corrected chi connectivity index (χ4v) is 0.684. The molecule has 0 unspecified atom stereocenters. The first-order valence-electron chi connectivity index (χ1n) is 5.13. The van der Waals surface area contributed by atoms with Crippen molar-refractivity contribution in [3.63, 3.8) is 0 Å². The average molecular weight is 431 g/mol. The van der Waals surface area contributed by atoms with E-state index >= 15 is 0 Å². The van der Waals surface area contributed by atoms with Crippen LogP contribution in [0.25, 0.3) is 0 Å². The van der Waals surface area contributed by atoms with Crippen LogP contribution in [0.5, 0.6) is 0 Å². The molecule has 0 fully saturated rings. The molecule has 2 aromatic heterocycles. The molecule has 12 heteroatoms. The normalized spacial score (nSPS) is 9.64. The van der Waals surface area contributed by atoms with Crippen molar-refractivity contribution in [3.05, 3.63) is 61.2 Å². The largest absolute Gasteiger partial charge is 0.218 e. The van der Waals surface area contributed by atoms with Crippen LogP contribution in [-0.4, -0.2) is 0 Å². The number of aromatic nitrogens is 2. The van der Waals surface area contributed by atoms with Crippen LogP contribution in [0.4, 0.5) is 0 Å². The van der Waals surface area contributed by atoms with E-state index in [2.05, 4.69) is 30.1 Å². The van der Waals surface area contributed by atoms with Crippen molar-refractivity contribution >= 4 is 20.1 Å². The van der Waals surface area contributed by atoms with Gasteiger partial charge in [0.2, 0.25) is 0 Å². The number of halogens is 2. The summed E-state index contributed by atoms with van der Waals surface area (Å²) >= 11 is -10.1. The molecule has 2 rings (SSSR count). The Morgan fingerprint density at radius 3 is 0.818 bits per heavy atom. The van der Waals surface area contributed by atoms with Crippen molar-refractivity contribution in [2.45, 2.75) is 0 Å². The van der Waals surface area contributed by atoms with E-state index in [1.807, 2.05) is 61.2 Å². The molecule has 2 aromatic rings. The first kappa shape index (κ1) is 23.3. The quantitative estimate of drug-likeness (QED) is 0.552. The van der Waals surface area contributed by atoms with Crippen molar-refractivity contribution in [3.8, 4) is 0 Å². The molecule has 8 nitrogen and oxygen atoms in total. The van der Waals surface area contributed by atoms with Crippen LogP contribution in [0.3, 0.4) is 0 Å². The van der Waals surface area contributed by atoms with Crippen LogP contribution in [0.2, 0.25) is 0 Å². The van der Waals surface area contributed by atoms with Gasteiger partial charge >= 0.3 is 68.3 Å². The van der Waals surface area contributed by atoms with Gasteiger partial charge in [-0.15, -0.1) is 0 Å². The van der Waals surface area contributed by atoms with E-state index in [0.29, 0.717) is 0 Å². The number of hydrogen-bond acceptors (Lipinski definition) is 6. The number of hydrogen-bond donors (Lipinski definition) is 0. The summed E-state index contributed by atoms with van der Waals surface area (Å²) in [7, 11) is 8.04. The third-order valence-electron chi connectivity index (χ3n) is 1.21. The predicted molar refractivity (Wildman–Crippen MR) is 60.4 cm³/mol. The minimum atomic E-state index is -5.03. The van der Waals surface area contributed by atoms with E-state index in [-0.39, 0.29) is 0 Å². The van der Waals surface area contributed by atoms with Gasteiger partial charge in [0.1, 0.15) is 0 Å². The minimum Gasteiger partial charge on any atom is -0.218 e. The molecule has 0 aliphatic heterocycles. The van der Waals surface area contributed by atoms with Crippen LogP contribution in [0, 0.1) is 0 Å². The number of aromatic amines is 2. The second-order valence-electron chi connectivity index (χ2n) is 2.94. The molecule has 0 saturated carbocycles. The van der Waals surface area contributed by atoms with Gasteiger partial charge in [0, 0.05) is 24.3 Å². The van der Waals surface area contributed by atoms with Crippen molar-refractivity contribution < 1.29 is 58.2 Å². The van der Waals surface area contributed by atoms with E-state index < -0.39 is 24.7 Å². The molecule has 0 spiro atoms. The van der Waals surface area contributed by atoms with E-state index in [1.54, 1.807) is 0 Å². The molecule has 0 aliphatic carbocycles. The average Bonchev–Trinajstić information content (AvgIpc) is 2.40. The zero-order valence-electron chi connectivity index (χ0n) is 10.8. The van der Waals surface area contributed by atoms with Gasteiger partial charge in [0.25, 0.3) is 0 Å². The Hall–Kier alpha value is -0.935. The second-order valence-corrected chi connectivity index (χ2v) is 8.51. The molecule has 0 aromatic carbocycles. The fraction of sp³-hybridized carbons (Fsp3) is 0. The molecule has 0 saturated heterocycles. The fourth-order valence-electron chi connectivity index (χ4n) is 0.684. The van der Waals surface area contributed by atoms with Gasteiger partial charge in [-0.3, -0.25) is 0 Å². The summed E-state index contributed by atoms with van der Waals surface area (Å²) in [5.74, 6) is 0. The zero-order chi connectivity index (χ0) is 17.5. The number of nitrogens with one attached hydrogen (secondary N) is 2. The Morgan fingerprint density at radius 1 is 0.591 bits per heavy atom. The molecule has 124 valence electrons. The van der Waals surface area contributed by atoms with Crippen molar-refractivity contribution in [2.24, 2.45) is 0 Å². The Bertz CT molecular complexity index is 538. The van der Waals surface area contributed by atoms with E-state index in [0.717, 1.165) is 0 Å². The van der Waals surface area contributed by atoms with Crippen LogP contribution >= 0.6 is 20.1 Å². The summed E-state index contributed by atoms with van der Waals surface area (Å²) in [6.45, 7) is 0. The van der Waals surface area contributed by atoms with E-state index in [1.165, 1.54) is 0 Å². The molecule has 2 N–H and O–H groups in total. The van der Waals surface area contributed by atoms with Gasteiger partial charge in [-0.25, -0.2) is 9.97 Å². The SMILES string of the molecule is [O]=[Cr](=[O])([O-])[Cl].[O]=[Cr](=[O])([O-])[Cl].c1cc[nH+]cc1.c1cc[nH+]cc1. The minimum absolute atomic E-state index is 1.88. The summed E-state index contributed by atoms with van der Waals surface area (Å²) < 4.78 is 53.5. The Morgan fingerprint density at radius 2 is 0.773 bits per heavy atom. The summed E-state index contributed by atoms with van der Waals surface area (Å²) in [6.07, 6.45) is 7.50. The monoisotopic (exact) mass is 430 g/mol. The van der Waals surface area contributed by atoms with Crippen molar-refractivity contribution in [2.75, 3.05) is 0 Å². The van der Waals surface area contributed by atoms with Crippen molar-refractivity contribution in [1.82, 2.24) is 0 Å². The topological polar surface area (TPSA) is 143 Å². The van der Waals surface area contributed by atoms with Crippen molar-refractivity contribution in [1.29, 1.82) is 0 Å². The van der Waals surface area contributed by atoms with E-state index in [4.69, 9.17) is 23.5 Å². The van der Waals surface area contributed by atoms with Crippen LogP contribution in [0.1, 0.15) is 0 Å². The first-order chi connectivity index (χ1) is 10.0. The van der Waals surface area contributed by atoms with Crippen LogP contribution in [0.15, 0.2) is 61.2 Å². The van der Waals surface area contributed by atoms with E-state index in [9.17, 15) is 0 Å². The maximum atomic E-state index is 8.91. The zero-order valence-corrected chi connectivity index (χ0v) is 14.9. The Balaban J connectivity index is 0. The number of pyridine rings is 2. The van der Waals surface area contributed by atoms with Gasteiger partial charge in [0.15, 0.2) is 24.8 Å². The standard InChI is InChI=1S/2C5H5N.2ClH.2Cr.6O/c2*1-2-4-6-5-3-1;;;;;;;;;;/h2*1-5H;2*1H;;;;;;;;/q;;;;2*+1;;;;;2*-1. The molecule has 0 bridgehead atoms. The van der Waals surface area contributed by atoms with Crippen LogP contribution in [-0.2, 0) is 39.9 Å². The summed E-state index contributed by atoms with van der Waals surface area (Å²) in [5.41, 5.74) is 0. The molecular weight excluding hydrogens is 419 g/mol. The van der Waals surface area contributed by atoms with Gasteiger partial charge in [-0.1, -0.05) is 12.1 Å². The summed E-state index contributed by atoms with van der Waals surface area (Å²) in [6, 6.07) is 11.7. The predicted octanol–water partition coefficient (Wildman–Crippen LogP) is -0.478. The first-order valence-corrected chi connectivity index (χ1v) is 11.8. The van der Waals surface area contributed by atoms with Gasteiger partial charge < -0.3 is 0 Å². The van der Waals surface area contributed by atoms with Gasteiger partial charge in [0.05, 0.1) is 0 Å². The third-order valence-corrected chi connectivity index (χ3v) is 1.21. The maximum Gasteiger partial charge on any atom is 0.166 e. The smallest absolute Gasteiger partial charge is 0.166 e.